The van der Waals surface area contributed by atoms with Crippen LogP contribution in [0, 0.1) is 5.92 Å². The van der Waals surface area contributed by atoms with E-state index in [0.29, 0.717) is 12.3 Å². The molecule has 0 saturated carbocycles. The van der Waals surface area contributed by atoms with E-state index in [4.69, 9.17) is 0 Å². The molecule has 0 aromatic rings. The van der Waals surface area contributed by atoms with Crippen molar-refractivity contribution in [1.29, 1.82) is 0 Å². The van der Waals surface area contributed by atoms with Crippen LogP contribution >= 0.6 is 15.9 Å². The molecule has 5 nitrogen and oxygen atoms in total. The zero-order valence-corrected chi connectivity index (χ0v) is 11.7. The van der Waals surface area contributed by atoms with Gasteiger partial charge >= 0.3 is 11.9 Å². The Morgan fingerprint density at radius 2 is 1.71 bits per heavy atom. The summed E-state index contributed by atoms with van der Waals surface area (Å²) in [4.78, 5) is 23.4. The van der Waals surface area contributed by atoms with Crippen molar-refractivity contribution in [3.8, 4) is 0 Å². The summed E-state index contributed by atoms with van der Waals surface area (Å²) in [6.45, 7) is 1.83. The molecule has 1 aliphatic heterocycles. The van der Waals surface area contributed by atoms with Crippen LogP contribution in [0.25, 0.3) is 0 Å². The van der Waals surface area contributed by atoms with Gasteiger partial charge in [-0.2, -0.15) is 0 Å². The summed E-state index contributed by atoms with van der Waals surface area (Å²) in [6, 6.07) is 0. The van der Waals surface area contributed by atoms with Crippen molar-refractivity contribution in [1.82, 2.24) is 5.32 Å². The molecule has 1 rings (SSSR count). The third-order valence-electron chi connectivity index (χ3n) is 3.05. The largest absolute Gasteiger partial charge is 0.468 e. The van der Waals surface area contributed by atoms with E-state index in [1.54, 1.807) is 0 Å². The molecule has 0 aliphatic carbocycles. The predicted molar refractivity (Wildman–Crippen MR) is 65.9 cm³/mol. The molecule has 1 aliphatic rings. The number of esters is 2. The van der Waals surface area contributed by atoms with Crippen LogP contribution in [0.4, 0.5) is 0 Å². The molecular formula is C11H18BrNO4. The first-order valence-electron chi connectivity index (χ1n) is 5.61. The van der Waals surface area contributed by atoms with E-state index in [-0.39, 0.29) is 0 Å². The van der Waals surface area contributed by atoms with Crippen molar-refractivity contribution in [3.05, 3.63) is 0 Å². The molecule has 0 atom stereocenters. The number of hydrogen-bond acceptors (Lipinski definition) is 5. The molecule has 17 heavy (non-hydrogen) atoms. The van der Waals surface area contributed by atoms with E-state index in [1.807, 2.05) is 0 Å². The number of carbonyl (C=O) groups is 2. The number of piperidine rings is 1. The lowest BCUT2D eigenvalue weighted by Crippen LogP contribution is -2.45. The van der Waals surface area contributed by atoms with E-state index in [2.05, 4.69) is 30.7 Å². The Morgan fingerprint density at radius 3 is 2.12 bits per heavy atom. The first-order chi connectivity index (χ1) is 8.04. The van der Waals surface area contributed by atoms with Crippen LogP contribution in [-0.4, -0.2) is 43.6 Å². The lowest BCUT2D eigenvalue weighted by Gasteiger charge is -2.29. The highest BCUT2D eigenvalue weighted by Crippen LogP contribution is 2.33. The minimum Gasteiger partial charge on any atom is -0.468 e. The van der Waals surface area contributed by atoms with Crippen molar-refractivity contribution >= 4 is 27.9 Å². The molecule has 1 heterocycles. The Morgan fingerprint density at radius 1 is 1.24 bits per heavy atom. The molecule has 1 N–H and O–H groups in total. The fraction of sp³-hybridized carbons (Fsp3) is 0.818. The number of halogens is 1. The van der Waals surface area contributed by atoms with Crippen molar-refractivity contribution in [2.24, 2.45) is 5.92 Å². The van der Waals surface area contributed by atoms with Gasteiger partial charge in [-0.05, 0) is 38.3 Å². The van der Waals surface area contributed by atoms with Crippen LogP contribution < -0.4 is 5.32 Å². The first-order valence-corrected chi connectivity index (χ1v) is 6.40. The number of nitrogens with one attached hydrogen (secondary N) is 1. The summed E-state index contributed by atoms with van der Waals surface area (Å²) in [5.74, 6) is -0.875. The molecule has 0 radical (unpaired) electrons. The summed E-state index contributed by atoms with van der Waals surface area (Å²) >= 11 is 3.20. The monoisotopic (exact) mass is 307 g/mol. The summed E-state index contributed by atoms with van der Waals surface area (Å²) < 4.78 is 7.99. The second kappa shape index (κ2) is 6.35. The number of methoxy groups -OCH3 is 2. The lowest BCUT2D eigenvalue weighted by atomic mass is 9.87. The van der Waals surface area contributed by atoms with Gasteiger partial charge in [0, 0.05) is 0 Å². The van der Waals surface area contributed by atoms with Crippen molar-refractivity contribution in [2.45, 2.75) is 23.6 Å². The standard InChI is InChI=1S/C11H18BrNO4/c1-16-9(14)11(12,10(15)17-2)7-8-3-5-13-6-4-8/h8,13H,3-7H2,1-2H3. The molecule has 1 fully saturated rings. The Kier molecular flexibility index (Phi) is 5.39. The maximum Gasteiger partial charge on any atom is 0.334 e. The number of carbonyl (C=O) groups excluding carboxylic acids is 2. The van der Waals surface area contributed by atoms with Crippen molar-refractivity contribution < 1.29 is 19.1 Å². The van der Waals surface area contributed by atoms with E-state index in [1.165, 1.54) is 14.2 Å². The molecule has 1 saturated heterocycles. The maximum atomic E-state index is 11.7. The Balaban J connectivity index is 2.75. The molecule has 0 amide bonds. The number of alkyl halides is 1. The van der Waals surface area contributed by atoms with Crippen molar-refractivity contribution in [2.75, 3.05) is 27.3 Å². The van der Waals surface area contributed by atoms with Gasteiger partial charge in [0.05, 0.1) is 14.2 Å². The Hall–Kier alpha value is -0.620. The third-order valence-corrected chi connectivity index (χ3v) is 4.02. The van der Waals surface area contributed by atoms with Gasteiger partial charge in [0.2, 0.25) is 4.32 Å². The molecular weight excluding hydrogens is 290 g/mol. The summed E-state index contributed by atoms with van der Waals surface area (Å²) in [5.41, 5.74) is 0. The first kappa shape index (κ1) is 14.4. The molecule has 0 aromatic carbocycles. The van der Waals surface area contributed by atoms with E-state index < -0.39 is 16.3 Å². The quantitative estimate of drug-likeness (QED) is 0.474. The van der Waals surface area contributed by atoms with E-state index in [0.717, 1.165) is 25.9 Å². The smallest absolute Gasteiger partial charge is 0.334 e. The fourth-order valence-corrected chi connectivity index (χ4v) is 2.84. The van der Waals surface area contributed by atoms with Crippen LogP contribution in [0.2, 0.25) is 0 Å². The van der Waals surface area contributed by atoms with E-state index >= 15 is 0 Å². The van der Waals surface area contributed by atoms with Gasteiger partial charge in [-0.15, -0.1) is 0 Å². The maximum absolute atomic E-state index is 11.7. The van der Waals surface area contributed by atoms with Crippen LogP contribution in [0.5, 0.6) is 0 Å². The average molecular weight is 308 g/mol. The minimum atomic E-state index is -1.36. The second-order valence-corrected chi connectivity index (χ2v) is 5.54. The molecule has 6 heteroatoms. The number of hydrogen-bond donors (Lipinski definition) is 1. The van der Waals surface area contributed by atoms with Gasteiger partial charge in [0.1, 0.15) is 0 Å². The van der Waals surface area contributed by atoms with Gasteiger partial charge in [-0.25, -0.2) is 9.59 Å². The van der Waals surface area contributed by atoms with Gasteiger partial charge in [-0.1, -0.05) is 15.9 Å². The third kappa shape index (κ3) is 3.42. The Labute approximate surface area is 109 Å². The highest BCUT2D eigenvalue weighted by molar-refractivity contribution is 9.10. The molecule has 98 valence electrons. The zero-order valence-electron chi connectivity index (χ0n) is 10.1. The molecule has 0 spiro atoms. The normalized spacial score (nSPS) is 17.6. The van der Waals surface area contributed by atoms with Crippen LogP contribution in [0.15, 0.2) is 0 Å². The number of rotatable bonds is 4. The zero-order chi connectivity index (χ0) is 12.9. The topological polar surface area (TPSA) is 64.6 Å². The van der Waals surface area contributed by atoms with Crippen LogP contribution in [-0.2, 0) is 19.1 Å². The van der Waals surface area contributed by atoms with Crippen LogP contribution in [0.3, 0.4) is 0 Å². The second-order valence-electron chi connectivity index (χ2n) is 4.18. The molecule has 0 unspecified atom stereocenters. The van der Waals surface area contributed by atoms with Crippen molar-refractivity contribution in [3.63, 3.8) is 0 Å². The SMILES string of the molecule is COC(=O)C(Br)(CC1CCNCC1)C(=O)OC. The Bertz CT molecular complexity index is 273. The summed E-state index contributed by atoms with van der Waals surface area (Å²) in [7, 11) is 2.54. The summed E-state index contributed by atoms with van der Waals surface area (Å²) in [5, 5.41) is 3.24. The van der Waals surface area contributed by atoms with Gasteiger partial charge in [0.15, 0.2) is 0 Å². The molecule has 0 aromatic heterocycles. The van der Waals surface area contributed by atoms with E-state index in [9.17, 15) is 9.59 Å². The number of ether oxygens (including phenoxy) is 2. The minimum absolute atomic E-state index is 0.314. The van der Waals surface area contributed by atoms with Gasteiger partial charge < -0.3 is 14.8 Å². The average Bonchev–Trinajstić information content (AvgIpc) is 2.37. The summed E-state index contributed by atoms with van der Waals surface area (Å²) in [6.07, 6.45) is 2.30. The predicted octanol–water partition coefficient (Wildman–Crippen LogP) is 0.856. The molecule has 0 bridgehead atoms. The fourth-order valence-electron chi connectivity index (χ4n) is 2.06. The van der Waals surface area contributed by atoms with Gasteiger partial charge in [0.25, 0.3) is 0 Å². The lowest BCUT2D eigenvalue weighted by molar-refractivity contribution is -0.156. The highest BCUT2D eigenvalue weighted by Gasteiger charge is 2.47. The van der Waals surface area contributed by atoms with Crippen LogP contribution in [0.1, 0.15) is 19.3 Å². The van der Waals surface area contributed by atoms with Gasteiger partial charge in [-0.3, -0.25) is 0 Å². The highest BCUT2D eigenvalue weighted by atomic mass is 79.9.